The molecule has 0 bridgehead atoms. The number of aromatic hydroxyl groups is 1. The van der Waals surface area contributed by atoms with Gasteiger partial charge in [0.25, 0.3) is 5.91 Å². The minimum atomic E-state index is -4.59. The molecule has 0 spiro atoms. The summed E-state index contributed by atoms with van der Waals surface area (Å²) in [4.78, 5) is 20.8. The highest BCUT2D eigenvalue weighted by Crippen LogP contribution is 2.30. The predicted molar refractivity (Wildman–Crippen MR) is 90.3 cm³/mol. The lowest BCUT2D eigenvalue weighted by atomic mass is 10.2. The van der Waals surface area contributed by atoms with Gasteiger partial charge >= 0.3 is 6.18 Å². The van der Waals surface area contributed by atoms with Gasteiger partial charge in [0.1, 0.15) is 11.6 Å². The number of phenols is 1. The van der Waals surface area contributed by atoms with Gasteiger partial charge in [0.05, 0.1) is 0 Å². The molecule has 0 unspecified atom stereocenters. The number of nitrogens with zero attached hydrogens (tertiary/aromatic N) is 3. The van der Waals surface area contributed by atoms with Crippen molar-refractivity contribution in [3.05, 3.63) is 41.6 Å². The van der Waals surface area contributed by atoms with Crippen molar-refractivity contribution in [2.75, 3.05) is 37.4 Å². The third-order valence-electron chi connectivity index (χ3n) is 3.28. The maximum absolute atomic E-state index is 12.9. The number of nitrogens with one attached hydrogen (secondary N) is 2. The number of anilines is 2. The third kappa shape index (κ3) is 5.23. The van der Waals surface area contributed by atoms with E-state index in [4.69, 9.17) is 0 Å². The summed E-state index contributed by atoms with van der Waals surface area (Å²) >= 11 is 0. The zero-order valence-corrected chi connectivity index (χ0v) is 14.1. The molecule has 0 atom stereocenters. The number of rotatable bonds is 6. The van der Waals surface area contributed by atoms with Crippen LogP contribution >= 0.6 is 0 Å². The van der Waals surface area contributed by atoms with Crippen molar-refractivity contribution in [3.8, 4) is 5.75 Å². The minimum Gasteiger partial charge on any atom is -0.508 e. The van der Waals surface area contributed by atoms with Gasteiger partial charge in [-0.15, -0.1) is 0 Å². The number of amides is 1. The molecule has 1 aromatic carbocycles. The van der Waals surface area contributed by atoms with Gasteiger partial charge in [-0.3, -0.25) is 4.79 Å². The molecule has 140 valence electrons. The van der Waals surface area contributed by atoms with Gasteiger partial charge in [0.15, 0.2) is 5.69 Å². The highest BCUT2D eigenvalue weighted by molar-refractivity contribution is 5.94. The molecular formula is C16H18F3N5O2. The summed E-state index contributed by atoms with van der Waals surface area (Å²) in [5.41, 5.74) is -0.695. The van der Waals surface area contributed by atoms with Crippen LogP contribution < -0.4 is 15.5 Å². The molecule has 0 aliphatic heterocycles. The largest absolute Gasteiger partial charge is 0.508 e. The first-order valence-electron chi connectivity index (χ1n) is 7.61. The van der Waals surface area contributed by atoms with Crippen LogP contribution in [0.3, 0.4) is 0 Å². The Bertz CT molecular complexity index is 763. The Balaban J connectivity index is 1.95. The third-order valence-corrected chi connectivity index (χ3v) is 3.28. The maximum Gasteiger partial charge on any atom is 0.433 e. The molecule has 7 nitrogen and oxygen atoms in total. The highest BCUT2D eigenvalue weighted by atomic mass is 19.4. The molecule has 1 heterocycles. The topological polar surface area (TPSA) is 90.4 Å². The Morgan fingerprint density at radius 2 is 1.81 bits per heavy atom. The molecule has 0 saturated heterocycles. The first-order valence-corrected chi connectivity index (χ1v) is 7.61. The number of hydrogen-bond donors (Lipinski definition) is 3. The Hall–Kier alpha value is -3.04. The van der Waals surface area contributed by atoms with Crippen molar-refractivity contribution in [1.29, 1.82) is 0 Å². The molecule has 3 N–H and O–H groups in total. The average molecular weight is 369 g/mol. The molecule has 1 amide bonds. The van der Waals surface area contributed by atoms with E-state index in [1.807, 2.05) is 0 Å². The second-order valence-electron chi connectivity index (χ2n) is 5.56. The molecule has 10 heteroatoms. The number of carbonyl (C=O) groups excluding carboxylic acids is 1. The first kappa shape index (κ1) is 19.3. The zero-order chi connectivity index (χ0) is 19.3. The molecule has 1 aromatic heterocycles. The zero-order valence-electron chi connectivity index (χ0n) is 14.1. The van der Waals surface area contributed by atoms with Crippen LogP contribution in [0.1, 0.15) is 16.1 Å². The van der Waals surface area contributed by atoms with Crippen LogP contribution in [0.15, 0.2) is 30.3 Å². The SMILES string of the molecule is CN(C)c1cc(C(F)(F)F)nc(NCCNC(=O)c2ccc(O)cc2)n1. The summed E-state index contributed by atoms with van der Waals surface area (Å²) in [6.07, 6.45) is -4.59. The van der Waals surface area contributed by atoms with E-state index in [0.717, 1.165) is 6.07 Å². The van der Waals surface area contributed by atoms with Crippen LogP contribution in [0, 0.1) is 0 Å². The van der Waals surface area contributed by atoms with E-state index in [1.54, 1.807) is 14.1 Å². The smallest absolute Gasteiger partial charge is 0.433 e. The Morgan fingerprint density at radius 3 is 2.38 bits per heavy atom. The molecule has 2 rings (SSSR count). The number of aromatic nitrogens is 2. The molecule has 0 fully saturated rings. The van der Waals surface area contributed by atoms with Crippen LogP contribution in [0.2, 0.25) is 0 Å². The second kappa shape index (κ2) is 7.89. The number of benzene rings is 1. The lowest BCUT2D eigenvalue weighted by Crippen LogP contribution is -2.29. The normalized spacial score (nSPS) is 11.1. The Morgan fingerprint density at radius 1 is 1.15 bits per heavy atom. The lowest BCUT2D eigenvalue weighted by molar-refractivity contribution is -0.141. The molecular weight excluding hydrogens is 351 g/mol. The van der Waals surface area contributed by atoms with Crippen molar-refractivity contribution >= 4 is 17.7 Å². The molecule has 2 aromatic rings. The fourth-order valence-electron chi connectivity index (χ4n) is 1.95. The van der Waals surface area contributed by atoms with E-state index in [2.05, 4.69) is 20.6 Å². The molecule has 0 saturated carbocycles. The molecule has 0 aliphatic rings. The summed E-state index contributed by atoms with van der Waals surface area (Å²) in [6, 6.07) is 6.53. The summed E-state index contributed by atoms with van der Waals surface area (Å²) in [5, 5.41) is 14.4. The van der Waals surface area contributed by atoms with Gasteiger partial charge in [-0.1, -0.05) is 0 Å². The van der Waals surface area contributed by atoms with Crippen molar-refractivity contribution < 1.29 is 23.1 Å². The standard InChI is InChI=1S/C16H18F3N5O2/c1-24(2)13-9-12(16(17,18)19)22-15(23-13)21-8-7-20-14(26)10-3-5-11(25)6-4-10/h3-6,9,25H,7-8H2,1-2H3,(H,20,26)(H,21,22,23). The van der Waals surface area contributed by atoms with Crippen LogP contribution in [-0.2, 0) is 6.18 Å². The van der Waals surface area contributed by atoms with Crippen LogP contribution in [0.5, 0.6) is 5.75 Å². The Kier molecular flexibility index (Phi) is 5.86. The minimum absolute atomic E-state index is 0.0432. The van der Waals surface area contributed by atoms with E-state index in [1.165, 1.54) is 29.2 Å². The van der Waals surface area contributed by atoms with Gasteiger partial charge in [0.2, 0.25) is 5.95 Å². The number of hydrogen-bond acceptors (Lipinski definition) is 6. The van der Waals surface area contributed by atoms with Gasteiger partial charge in [-0.25, -0.2) is 4.98 Å². The van der Waals surface area contributed by atoms with Crippen LogP contribution in [0.25, 0.3) is 0 Å². The number of halogens is 3. The van der Waals surface area contributed by atoms with Crippen molar-refractivity contribution in [2.45, 2.75) is 6.18 Å². The van der Waals surface area contributed by atoms with E-state index >= 15 is 0 Å². The quantitative estimate of drug-likeness (QED) is 0.676. The molecule has 26 heavy (non-hydrogen) atoms. The summed E-state index contributed by atoms with van der Waals surface area (Å²) < 4.78 is 38.7. The van der Waals surface area contributed by atoms with Crippen molar-refractivity contribution in [3.63, 3.8) is 0 Å². The second-order valence-corrected chi connectivity index (χ2v) is 5.56. The number of phenolic OH excluding ortho intramolecular Hbond substituents is 1. The maximum atomic E-state index is 12.9. The number of alkyl halides is 3. The van der Waals surface area contributed by atoms with Gasteiger partial charge in [-0.05, 0) is 24.3 Å². The molecule has 0 aliphatic carbocycles. The monoisotopic (exact) mass is 369 g/mol. The number of carbonyl (C=O) groups is 1. The van der Waals surface area contributed by atoms with Crippen LogP contribution in [0.4, 0.5) is 24.9 Å². The van der Waals surface area contributed by atoms with E-state index in [9.17, 15) is 23.1 Å². The fourth-order valence-corrected chi connectivity index (χ4v) is 1.95. The highest BCUT2D eigenvalue weighted by Gasteiger charge is 2.33. The van der Waals surface area contributed by atoms with E-state index in [0.29, 0.717) is 5.56 Å². The summed E-state index contributed by atoms with van der Waals surface area (Å²) in [7, 11) is 3.15. The summed E-state index contributed by atoms with van der Waals surface area (Å²) in [5.74, 6) is -0.391. The first-order chi connectivity index (χ1) is 12.2. The molecule has 0 radical (unpaired) electrons. The van der Waals surface area contributed by atoms with Crippen LogP contribution in [-0.4, -0.2) is 48.2 Å². The van der Waals surface area contributed by atoms with Crippen molar-refractivity contribution in [2.24, 2.45) is 0 Å². The fraction of sp³-hybridized carbons (Fsp3) is 0.312. The predicted octanol–water partition coefficient (Wildman–Crippen LogP) is 2.11. The van der Waals surface area contributed by atoms with E-state index in [-0.39, 0.29) is 36.5 Å². The van der Waals surface area contributed by atoms with Gasteiger partial charge in [-0.2, -0.15) is 18.2 Å². The van der Waals surface area contributed by atoms with Gasteiger partial charge < -0.3 is 20.6 Å². The van der Waals surface area contributed by atoms with Gasteiger partial charge in [0, 0.05) is 38.8 Å². The van der Waals surface area contributed by atoms with Crippen molar-refractivity contribution in [1.82, 2.24) is 15.3 Å². The Labute approximate surface area is 147 Å². The summed E-state index contributed by atoms with van der Waals surface area (Å²) in [6.45, 7) is 0.286. The van der Waals surface area contributed by atoms with E-state index < -0.39 is 11.9 Å². The lowest BCUT2D eigenvalue weighted by Gasteiger charge is -2.16. The average Bonchev–Trinajstić information content (AvgIpc) is 2.58.